The minimum atomic E-state index is -4.63. The van der Waals surface area contributed by atoms with E-state index in [1.165, 1.54) is 16.8 Å². The number of aromatic nitrogens is 7. The lowest BCUT2D eigenvalue weighted by Gasteiger charge is -2.15. The fraction of sp³-hybridized carbons (Fsp3) is 0.111. The van der Waals surface area contributed by atoms with E-state index in [4.69, 9.17) is 0 Å². The fourth-order valence-electron chi connectivity index (χ4n) is 4.51. The van der Waals surface area contributed by atoms with Gasteiger partial charge in [-0.2, -0.15) is 18.3 Å². The highest BCUT2D eigenvalue weighted by molar-refractivity contribution is 6.05. The number of halogens is 3. The van der Waals surface area contributed by atoms with Crippen LogP contribution in [0.1, 0.15) is 27.3 Å². The molecule has 6 aromatic rings. The third-order valence-electron chi connectivity index (χ3n) is 6.46. The van der Waals surface area contributed by atoms with Crippen LogP contribution in [0.25, 0.3) is 28.3 Å². The number of hydrogen-bond donors (Lipinski definition) is 2. The summed E-state index contributed by atoms with van der Waals surface area (Å²) in [5.74, 6) is -0.175. The molecule has 0 radical (unpaired) electrons. The molecule has 0 aliphatic carbocycles. The molecule has 39 heavy (non-hydrogen) atoms. The van der Waals surface area contributed by atoms with Crippen molar-refractivity contribution in [3.05, 3.63) is 102 Å². The molecule has 4 heterocycles. The van der Waals surface area contributed by atoms with Crippen LogP contribution in [-0.4, -0.2) is 39.8 Å². The van der Waals surface area contributed by atoms with E-state index in [1.807, 2.05) is 34.5 Å². The van der Waals surface area contributed by atoms with E-state index in [9.17, 15) is 18.0 Å². The maximum Gasteiger partial charge on any atom is 0.416 e. The van der Waals surface area contributed by atoms with Crippen molar-refractivity contribution in [2.24, 2.45) is 0 Å². The van der Waals surface area contributed by atoms with E-state index < -0.39 is 17.6 Å². The summed E-state index contributed by atoms with van der Waals surface area (Å²) >= 11 is 0. The predicted molar refractivity (Wildman–Crippen MR) is 138 cm³/mol. The molecule has 0 fully saturated rings. The summed E-state index contributed by atoms with van der Waals surface area (Å²) in [6.07, 6.45) is 5.45. The van der Waals surface area contributed by atoms with Gasteiger partial charge in [-0.05, 0) is 49.7 Å². The van der Waals surface area contributed by atoms with Gasteiger partial charge in [-0.1, -0.05) is 6.07 Å². The highest BCUT2D eigenvalue weighted by Gasteiger charge is 2.32. The van der Waals surface area contributed by atoms with Gasteiger partial charge in [0.1, 0.15) is 5.82 Å². The van der Waals surface area contributed by atoms with Crippen LogP contribution in [0.3, 0.4) is 0 Å². The van der Waals surface area contributed by atoms with Crippen LogP contribution < -0.4 is 5.32 Å². The largest absolute Gasteiger partial charge is 0.416 e. The lowest BCUT2D eigenvalue weighted by atomic mass is 10.1. The second-order valence-corrected chi connectivity index (χ2v) is 9.03. The van der Waals surface area contributed by atoms with Crippen LogP contribution in [0.5, 0.6) is 0 Å². The molecule has 0 unspecified atom stereocenters. The van der Waals surface area contributed by atoms with Gasteiger partial charge in [0.25, 0.3) is 5.91 Å². The van der Waals surface area contributed by atoms with E-state index in [0.29, 0.717) is 17.2 Å². The Morgan fingerprint density at radius 3 is 2.56 bits per heavy atom. The zero-order valence-corrected chi connectivity index (χ0v) is 20.7. The van der Waals surface area contributed by atoms with Crippen LogP contribution in [0.15, 0.2) is 79.6 Å². The molecule has 12 heteroatoms. The minimum absolute atomic E-state index is 0.129. The average molecular weight is 531 g/mol. The number of carbonyl (C=O) groups excluding carboxylic acids is 1. The summed E-state index contributed by atoms with van der Waals surface area (Å²) in [4.78, 5) is 21.8. The van der Waals surface area contributed by atoms with Gasteiger partial charge >= 0.3 is 6.18 Å². The second-order valence-electron chi connectivity index (χ2n) is 9.03. The van der Waals surface area contributed by atoms with Crippen molar-refractivity contribution in [1.29, 1.82) is 0 Å². The summed E-state index contributed by atoms with van der Waals surface area (Å²) in [6, 6.07) is 10.4. The molecule has 0 aliphatic heterocycles. The first-order valence-corrected chi connectivity index (χ1v) is 11.9. The fourth-order valence-corrected chi connectivity index (χ4v) is 4.51. The smallest absolute Gasteiger partial charge is 0.322 e. The first kappa shape index (κ1) is 24.2. The maximum absolute atomic E-state index is 13.7. The number of rotatable bonds is 5. The Labute approximate surface area is 219 Å². The number of nitrogens with one attached hydrogen (secondary N) is 2. The number of anilines is 1. The van der Waals surface area contributed by atoms with Crippen LogP contribution >= 0.6 is 0 Å². The van der Waals surface area contributed by atoms with Gasteiger partial charge in [0.05, 0.1) is 29.3 Å². The first-order chi connectivity index (χ1) is 18.7. The predicted octanol–water partition coefficient (Wildman–Crippen LogP) is 5.59. The number of alkyl halides is 3. The number of benzene rings is 2. The standard InChI is InChI=1S/C27H21F3N8O/c1-16-3-4-21(12-23(16)37-7-5-25-32-15-24(38(25)37)19-13-33-34-14-19)35-26(39)18-9-20(27(28,29)30)11-22(10-18)36-8-6-31-17(36)2/h3-15H,1-2H3,(H,33,34)(H,35,39). The third-order valence-corrected chi connectivity index (χ3v) is 6.46. The summed E-state index contributed by atoms with van der Waals surface area (Å²) in [5, 5.41) is 9.57. The van der Waals surface area contributed by atoms with Gasteiger partial charge in [-0.3, -0.25) is 14.6 Å². The van der Waals surface area contributed by atoms with Crippen molar-refractivity contribution in [2.45, 2.75) is 20.0 Å². The molecule has 1 amide bonds. The van der Waals surface area contributed by atoms with E-state index in [-0.39, 0.29) is 11.3 Å². The monoisotopic (exact) mass is 530 g/mol. The van der Waals surface area contributed by atoms with E-state index in [2.05, 4.69) is 25.5 Å². The Bertz CT molecular complexity index is 1830. The average Bonchev–Trinajstić information content (AvgIpc) is 3.70. The number of H-pyrrole nitrogens is 1. The number of carbonyl (C=O) groups is 1. The van der Waals surface area contributed by atoms with Crippen LogP contribution in [0.2, 0.25) is 0 Å². The molecule has 2 N–H and O–H groups in total. The van der Waals surface area contributed by atoms with E-state index >= 15 is 0 Å². The van der Waals surface area contributed by atoms with Crippen LogP contribution in [-0.2, 0) is 6.18 Å². The second kappa shape index (κ2) is 9.01. The molecule has 0 aliphatic rings. The summed E-state index contributed by atoms with van der Waals surface area (Å²) in [7, 11) is 0. The first-order valence-electron chi connectivity index (χ1n) is 11.9. The number of nitrogens with zero attached hydrogens (tertiary/aromatic N) is 6. The van der Waals surface area contributed by atoms with Gasteiger partial charge in [-0.15, -0.1) is 0 Å². The SMILES string of the molecule is Cc1ccc(NC(=O)c2cc(-n3ccnc3C)cc(C(F)(F)F)c2)cc1-n1ccc2ncc(-c3cn[nH]c3)n21. The van der Waals surface area contributed by atoms with Gasteiger partial charge in [-0.25, -0.2) is 14.5 Å². The summed E-state index contributed by atoms with van der Waals surface area (Å²) in [5.41, 5.74) is 3.59. The number of hydrogen-bond acceptors (Lipinski definition) is 4. The zero-order chi connectivity index (χ0) is 27.3. The normalized spacial score (nSPS) is 11.8. The Balaban J connectivity index is 1.37. The Hall–Kier alpha value is -5.13. The molecule has 196 valence electrons. The molecule has 0 atom stereocenters. The molecule has 0 bridgehead atoms. The molecular formula is C27H21F3N8O. The van der Waals surface area contributed by atoms with Crippen molar-refractivity contribution in [3.63, 3.8) is 0 Å². The third kappa shape index (κ3) is 4.35. The van der Waals surface area contributed by atoms with Crippen LogP contribution in [0.4, 0.5) is 18.9 Å². The summed E-state index contributed by atoms with van der Waals surface area (Å²) < 4.78 is 46.4. The minimum Gasteiger partial charge on any atom is -0.322 e. The van der Waals surface area contributed by atoms with Crippen molar-refractivity contribution in [3.8, 4) is 22.6 Å². The van der Waals surface area contributed by atoms with Gasteiger partial charge in [0, 0.05) is 53.4 Å². The highest BCUT2D eigenvalue weighted by atomic mass is 19.4. The lowest BCUT2D eigenvalue weighted by Crippen LogP contribution is -2.16. The van der Waals surface area contributed by atoms with Gasteiger partial charge < -0.3 is 9.88 Å². The lowest BCUT2D eigenvalue weighted by molar-refractivity contribution is -0.137. The number of imidazole rings is 2. The Kier molecular flexibility index (Phi) is 5.60. The van der Waals surface area contributed by atoms with Crippen molar-refractivity contribution < 1.29 is 18.0 Å². The van der Waals surface area contributed by atoms with Gasteiger partial charge in [0.15, 0.2) is 5.65 Å². The van der Waals surface area contributed by atoms with Crippen molar-refractivity contribution in [1.82, 2.24) is 33.9 Å². The number of aromatic amines is 1. The van der Waals surface area contributed by atoms with E-state index in [1.54, 1.807) is 43.8 Å². The number of aryl methyl sites for hydroxylation is 2. The quantitative estimate of drug-likeness (QED) is 0.304. The molecule has 2 aromatic carbocycles. The molecule has 9 nitrogen and oxygen atoms in total. The number of fused-ring (bicyclic) bond motifs is 1. The highest BCUT2D eigenvalue weighted by Crippen LogP contribution is 2.32. The molecule has 0 saturated carbocycles. The molecule has 4 aromatic heterocycles. The Morgan fingerprint density at radius 1 is 1.00 bits per heavy atom. The zero-order valence-electron chi connectivity index (χ0n) is 20.7. The topological polar surface area (TPSA) is 97.8 Å². The van der Waals surface area contributed by atoms with Crippen LogP contribution in [0, 0.1) is 13.8 Å². The van der Waals surface area contributed by atoms with Gasteiger partial charge in [0.2, 0.25) is 0 Å². The Morgan fingerprint density at radius 2 is 1.85 bits per heavy atom. The summed E-state index contributed by atoms with van der Waals surface area (Å²) in [6.45, 7) is 3.60. The maximum atomic E-state index is 13.7. The number of amides is 1. The molecule has 0 saturated heterocycles. The molecule has 6 rings (SSSR count). The van der Waals surface area contributed by atoms with E-state index in [0.717, 1.165) is 34.6 Å². The molecule has 0 spiro atoms. The van der Waals surface area contributed by atoms with Crippen molar-refractivity contribution in [2.75, 3.05) is 5.32 Å². The van der Waals surface area contributed by atoms with Crippen molar-refractivity contribution >= 4 is 17.2 Å². The molecular weight excluding hydrogens is 509 g/mol.